The van der Waals surface area contributed by atoms with Crippen LogP contribution < -0.4 is 4.90 Å². The molecule has 2 aromatic heterocycles. The number of aromatic nitrogens is 3. The van der Waals surface area contributed by atoms with E-state index in [2.05, 4.69) is 20.1 Å². The molecule has 2 N–H and O–H groups in total. The third-order valence-electron chi connectivity index (χ3n) is 4.95. The van der Waals surface area contributed by atoms with Crippen LogP contribution in [0.1, 0.15) is 23.5 Å². The molecule has 0 aromatic carbocycles. The smallest absolute Gasteiger partial charge is 0.475 e. The van der Waals surface area contributed by atoms with Gasteiger partial charge in [-0.2, -0.15) is 26.3 Å². The van der Waals surface area contributed by atoms with Crippen LogP contribution in [-0.2, 0) is 25.7 Å². The highest BCUT2D eigenvalue weighted by atomic mass is 32.1. The summed E-state index contributed by atoms with van der Waals surface area (Å²) in [5, 5.41) is 24.7. The Labute approximate surface area is 209 Å². The van der Waals surface area contributed by atoms with Crippen molar-refractivity contribution in [3.8, 4) is 0 Å². The first-order valence-electron chi connectivity index (χ1n) is 10.5. The van der Waals surface area contributed by atoms with Crippen LogP contribution in [-0.4, -0.2) is 81.1 Å². The average Bonchev–Trinajstić information content (AvgIpc) is 3.44. The number of anilines is 1. The number of nitrogens with zero attached hydrogens (tertiary/aromatic N) is 4. The van der Waals surface area contributed by atoms with E-state index >= 15 is 0 Å². The summed E-state index contributed by atoms with van der Waals surface area (Å²) in [6.45, 7) is 4.12. The zero-order chi connectivity index (χ0) is 27.8. The van der Waals surface area contributed by atoms with Gasteiger partial charge >= 0.3 is 24.3 Å². The number of carbonyl (C=O) groups is 2. The number of aryl methyl sites for hydroxylation is 1. The first kappa shape index (κ1) is 30.2. The second kappa shape index (κ2) is 13.0. The topological polar surface area (TPSA) is 135 Å². The first-order chi connectivity index (χ1) is 17.2. The van der Waals surface area contributed by atoms with Gasteiger partial charge < -0.3 is 24.6 Å². The Morgan fingerprint density at radius 3 is 2.22 bits per heavy atom. The number of halogens is 6. The monoisotopic (exact) mass is 560 g/mol. The molecule has 206 valence electrons. The van der Waals surface area contributed by atoms with Gasteiger partial charge in [0.05, 0.1) is 31.1 Å². The second-order valence-corrected chi connectivity index (χ2v) is 8.71. The van der Waals surface area contributed by atoms with Crippen LogP contribution >= 0.6 is 11.3 Å². The van der Waals surface area contributed by atoms with E-state index in [0.29, 0.717) is 19.3 Å². The largest absolute Gasteiger partial charge is 0.490 e. The zero-order valence-electron chi connectivity index (χ0n) is 19.1. The number of hydrogen-bond acceptors (Lipinski definition) is 9. The van der Waals surface area contributed by atoms with E-state index in [1.807, 2.05) is 25.1 Å². The van der Waals surface area contributed by atoms with E-state index in [0.717, 1.165) is 35.2 Å². The van der Waals surface area contributed by atoms with E-state index in [4.69, 9.17) is 29.3 Å². The molecular weight excluding hydrogens is 538 g/mol. The number of fused-ring (bicyclic) bond motifs is 1. The fourth-order valence-electron chi connectivity index (χ4n) is 3.41. The van der Waals surface area contributed by atoms with Crippen molar-refractivity contribution in [2.45, 2.75) is 57.0 Å². The molecule has 1 aliphatic heterocycles. The van der Waals surface area contributed by atoms with Gasteiger partial charge in [0, 0.05) is 12.7 Å². The van der Waals surface area contributed by atoms with Crippen molar-refractivity contribution in [3.63, 3.8) is 0 Å². The molecular formula is C20H22F6N4O6S. The molecule has 2 fully saturated rings. The summed E-state index contributed by atoms with van der Waals surface area (Å²) >= 11 is 1.65. The summed E-state index contributed by atoms with van der Waals surface area (Å²) in [7, 11) is 0. The SMILES string of the molecule is Cc1nnc(N2CCO[C@H]3[C@@H](OCc4ccccn4)CC[C@@H]32)s1.O=C(O)C(F)(F)F.O=C(O)C(F)(F)F. The van der Waals surface area contributed by atoms with Gasteiger partial charge in [-0.1, -0.05) is 17.4 Å². The van der Waals surface area contributed by atoms with E-state index in [1.165, 1.54) is 0 Å². The number of hydrogen-bond donors (Lipinski definition) is 2. The Bertz CT molecular complexity index is 999. The molecule has 0 spiro atoms. The van der Waals surface area contributed by atoms with Gasteiger partial charge in [0.25, 0.3) is 0 Å². The number of morpholine rings is 1. The van der Waals surface area contributed by atoms with E-state index < -0.39 is 24.3 Å². The van der Waals surface area contributed by atoms with Crippen molar-refractivity contribution in [1.29, 1.82) is 0 Å². The minimum absolute atomic E-state index is 0.108. The molecule has 4 rings (SSSR count). The van der Waals surface area contributed by atoms with Crippen LogP contribution in [0.4, 0.5) is 31.5 Å². The van der Waals surface area contributed by atoms with Crippen LogP contribution in [0, 0.1) is 6.92 Å². The zero-order valence-corrected chi connectivity index (χ0v) is 19.9. The lowest BCUT2D eigenvalue weighted by atomic mass is 10.1. The number of ether oxygens (including phenoxy) is 2. The predicted molar refractivity (Wildman–Crippen MR) is 115 cm³/mol. The van der Waals surface area contributed by atoms with Crippen molar-refractivity contribution in [3.05, 3.63) is 35.1 Å². The van der Waals surface area contributed by atoms with Gasteiger partial charge in [0.2, 0.25) is 5.13 Å². The van der Waals surface area contributed by atoms with Crippen molar-refractivity contribution in [1.82, 2.24) is 15.2 Å². The molecule has 2 aromatic rings. The third-order valence-corrected chi connectivity index (χ3v) is 5.83. The molecule has 0 amide bonds. The van der Waals surface area contributed by atoms with Gasteiger partial charge in [0.15, 0.2) is 0 Å². The van der Waals surface area contributed by atoms with Gasteiger partial charge in [-0.3, -0.25) is 4.98 Å². The van der Waals surface area contributed by atoms with Crippen molar-refractivity contribution in [2.75, 3.05) is 18.1 Å². The maximum absolute atomic E-state index is 10.6. The van der Waals surface area contributed by atoms with Crippen molar-refractivity contribution in [2.24, 2.45) is 0 Å². The Hall–Kier alpha value is -3.05. The summed E-state index contributed by atoms with van der Waals surface area (Å²) in [5.74, 6) is -5.51. The standard InChI is InChI=1S/C16H20N4O2S.2C2HF3O2/c1-11-18-19-16(23-11)20-8-9-21-15-13(20)5-6-14(15)22-10-12-4-2-3-7-17-12;2*3-2(4,5)1(6)7/h2-4,7,13-15H,5-6,8-10H2,1H3;2*(H,6,7)/t13-,14-,15+;;/m0../s1. The van der Waals surface area contributed by atoms with Crippen LogP contribution in [0.2, 0.25) is 0 Å². The van der Waals surface area contributed by atoms with Crippen LogP contribution in [0.3, 0.4) is 0 Å². The molecule has 1 aliphatic carbocycles. The molecule has 2 aliphatic rings. The minimum atomic E-state index is -5.08. The summed E-state index contributed by atoms with van der Waals surface area (Å²) in [4.78, 5) is 24.5. The third kappa shape index (κ3) is 9.40. The fraction of sp³-hybridized carbons (Fsp3) is 0.550. The fourth-order valence-corrected chi connectivity index (χ4v) is 4.18. The second-order valence-electron chi connectivity index (χ2n) is 7.55. The highest BCUT2D eigenvalue weighted by Crippen LogP contribution is 2.36. The summed E-state index contributed by atoms with van der Waals surface area (Å²) in [6, 6.07) is 6.23. The number of aliphatic carboxylic acids is 2. The molecule has 0 radical (unpaired) electrons. The number of alkyl halides is 6. The summed E-state index contributed by atoms with van der Waals surface area (Å²) in [6.07, 6.45) is -6.06. The Morgan fingerprint density at radius 1 is 1.11 bits per heavy atom. The number of carboxylic acids is 2. The Balaban J connectivity index is 0.000000286. The van der Waals surface area contributed by atoms with Gasteiger partial charge in [-0.15, -0.1) is 10.2 Å². The van der Waals surface area contributed by atoms with Gasteiger partial charge in [-0.05, 0) is 31.9 Å². The van der Waals surface area contributed by atoms with Gasteiger partial charge in [0.1, 0.15) is 11.1 Å². The molecule has 3 atom stereocenters. The molecule has 0 unspecified atom stereocenters. The maximum Gasteiger partial charge on any atom is 0.490 e. The lowest BCUT2D eigenvalue weighted by molar-refractivity contribution is -0.193. The molecule has 1 saturated heterocycles. The average molecular weight is 560 g/mol. The highest BCUT2D eigenvalue weighted by Gasteiger charge is 2.44. The first-order valence-corrected chi connectivity index (χ1v) is 11.3. The van der Waals surface area contributed by atoms with Crippen LogP contribution in [0.15, 0.2) is 24.4 Å². The molecule has 17 heteroatoms. The summed E-state index contributed by atoms with van der Waals surface area (Å²) in [5.41, 5.74) is 0.961. The van der Waals surface area contributed by atoms with Crippen molar-refractivity contribution < 1.29 is 55.6 Å². The minimum Gasteiger partial charge on any atom is -0.475 e. The summed E-state index contributed by atoms with van der Waals surface area (Å²) < 4.78 is 75.6. The maximum atomic E-state index is 10.6. The number of pyridine rings is 1. The molecule has 3 heterocycles. The van der Waals surface area contributed by atoms with E-state index in [9.17, 15) is 26.3 Å². The lowest BCUT2D eigenvalue weighted by Gasteiger charge is -2.38. The molecule has 10 nitrogen and oxygen atoms in total. The molecule has 0 bridgehead atoms. The van der Waals surface area contributed by atoms with Crippen LogP contribution in [0.5, 0.6) is 0 Å². The number of rotatable bonds is 4. The van der Waals surface area contributed by atoms with E-state index in [1.54, 1.807) is 17.5 Å². The highest BCUT2D eigenvalue weighted by molar-refractivity contribution is 7.15. The lowest BCUT2D eigenvalue weighted by Crippen LogP contribution is -2.51. The quantitative estimate of drug-likeness (QED) is 0.536. The normalized spacial score (nSPS) is 21.2. The predicted octanol–water partition coefficient (Wildman–Crippen LogP) is 3.46. The van der Waals surface area contributed by atoms with Crippen molar-refractivity contribution >= 4 is 28.4 Å². The molecule has 37 heavy (non-hydrogen) atoms. The van der Waals surface area contributed by atoms with Crippen LogP contribution in [0.25, 0.3) is 0 Å². The van der Waals surface area contributed by atoms with Gasteiger partial charge in [-0.25, -0.2) is 9.59 Å². The number of carboxylic acid groups (broad SMARTS) is 2. The van der Waals surface area contributed by atoms with E-state index in [-0.39, 0.29) is 12.2 Å². The Kier molecular flexibility index (Phi) is 10.6. The molecule has 1 saturated carbocycles. The Morgan fingerprint density at radius 2 is 1.73 bits per heavy atom.